The highest BCUT2D eigenvalue weighted by molar-refractivity contribution is 7.22. The molecule has 0 atom stereocenters. The second kappa shape index (κ2) is 7.01. The van der Waals surface area contributed by atoms with Crippen LogP contribution in [0.5, 0.6) is 5.75 Å². The second-order valence-electron chi connectivity index (χ2n) is 5.83. The van der Waals surface area contributed by atoms with Crippen LogP contribution in [-0.4, -0.2) is 17.5 Å². The first-order chi connectivity index (χ1) is 11.5. The normalized spacial score (nSPS) is 10.8. The molecule has 0 saturated heterocycles. The molecule has 24 heavy (non-hydrogen) atoms. The van der Waals surface area contributed by atoms with Crippen molar-refractivity contribution in [2.24, 2.45) is 0 Å². The maximum atomic E-state index is 12.1. The largest absolute Gasteiger partial charge is 0.484 e. The Balaban J connectivity index is 1.64. The number of anilines is 1. The number of ether oxygens (including phenoxy) is 1. The van der Waals surface area contributed by atoms with E-state index in [1.807, 2.05) is 32.0 Å². The molecule has 1 amide bonds. The number of hydrogen-bond acceptors (Lipinski definition) is 4. The Morgan fingerprint density at radius 2 is 1.92 bits per heavy atom. The van der Waals surface area contributed by atoms with Crippen molar-refractivity contribution in [2.75, 3.05) is 11.9 Å². The number of aromatic nitrogens is 1. The van der Waals surface area contributed by atoms with Crippen LogP contribution >= 0.6 is 11.3 Å². The van der Waals surface area contributed by atoms with E-state index in [1.165, 1.54) is 16.9 Å². The third-order valence-corrected chi connectivity index (χ3v) is 4.61. The molecular weight excluding hydrogens is 320 g/mol. The first kappa shape index (κ1) is 16.5. The SMILES string of the molecule is CCc1ccc2nc(NC(=O)COc3cc(C)cc(C)c3)sc2c1. The van der Waals surface area contributed by atoms with Crippen molar-refractivity contribution in [3.05, 3.63) is 53.1 Å². The molecule has 1 N–H and O–H groups in total. The summed E-state index contributed by atoms with van der Waals surface area (Å²) in [4.78, 5) is 16.5. The van der Waals surface area contributed by atoms with Crippen molar-refractivity contribution in [3.8, 4) is 5.75 Å². The van der Waals surface area contributed by atoms with Gasteiger partial charge in [0, 0.05) is 0 Å². The predicted molar refractivity (Wildman–Crippen MR) is 99.0 cm³/mol. The number of benzene rings is 2. The van der Waals surface area contributed by atoms with Crippen molar-refractivity contribution in [2.45, 2.75) is 27.2 Å². The van der Waals surface area contributed by atoms with Crippen LogP contribution in [0.25, 0.3) is 10.2 Å². The summed E-state index contributed by atoms with van der Waals surface area (Å²) in [5, 5.41) is 3.42. The zero-order valence-corrected chi connectivity index (χ0v) is 14.9. The van der Waals surface area contributed by atoms with Crippen LogP contribution in [0.3, 0.4) is 0 Å². The Hall–Kier alpha value is -2.40. The summed E-state index contributed by atoms with van der Waals surface area (Å²) < 4.78 is 6.66. The molecule has 0 bridgehead atoms. The number of amides is 1. The molecular formula is C19H20N2O2S. The van der Waals surface area contributed by atoms with Crippen LogP contribution in [-0.2, 0) is 11.2 Å². The van der Waals surface area contributed by atoms with Gasteiger partial charge in [-0.15, -0.1) is 0 Å². The molecule has 3 rings (SSSR count). The molecule has 1 aromatic heterocycles. The zero-order valence-electron chi connectivity index (χ0n) is 14.1. The van der Waals surface area contributed by atoms with Gasteiger partial charge in [0.15, 0.2) is 11.7 Å². The monoisotopic (exact) mass is 340 g/mol. The summed E-state index contributed by atoms with van der Waals surface area (Å²) in [7, 11) is 0. The molecule has 0 aliphatic heterocycles. The van der Waals surface area contributed by atoms with Gasteiger partial charge in [0.1, 0.15) is 5.75 Å². The van der Waals surface area contributed by atoms with Crippen LogP contribution in [0.4, 0.5) is 5.13 Å². The Kier molecular flexibility index (Phi) is 4.81. The van der Waals surface area contributed by atoms with Gasteiger partial charge in [-0.3, -0.25) is 10.1 Å². The lowest BCUT2D eigenvalue weighted by Gasteiger charge is -2.07. The Morgan fingerprint density at radius 3 is 2.62 bits per heavy atom. The third-order valence-electron chi connectivity index (χ3n) is 3.67. The lowest BCUT2D eigenvalue weighted by molar-refractivity contribution is -0.118. The van der Waals surface area contributed by atoms with E-state index in [4.69, 9.17) is 4.74 Å². The van der Waals surface area contributed by atoms with E-state index < -0.39 is 0 Å². The lowest BCUT2D eigenvalue weighted by atomic mass is 10.1. The van der Waals surface area contributed by atoms with Gasteiger partial charge in [0.25, 0.3) is 5.91 Å². The summed E-state index contributed by atoms with van der Waals surface area (Å²) in [5.41, 5.74) is 4.40. The molecule has 5 heteroatoms. The summed E-state index contributed by atoms with van der Waals surface area (Å²) in [5.74, 6) is 0.503. The lowest BCUT2D eigenvalue weighted by Crippen LogP contribution is -2.20. The molecule has 124 valence electrons. The van der Waals surface area contributed by atoms with Gasteiger partial charge in [-0.25, -0.2) is 4.98 Å². The highest BCUT2D eigenvalue weighted by Gasteiger charge is 2.09. The van der Waals surface area contributed by atoms with E-state index in [1.54, 1.807) is 0 Å². The van der Waals surface area contributed by atoms with Crippen LogP contribution in [0, 0.1) is 13.8 Å². The minimum Gasteiger partial charge on any atom is -0.484 e. The van der Waals surface area contributed by atoms with Gasteiger partial charge in [0.2, 0.25) is 0 Å². The van der Waals surface area contributed by atoms with E-state index in [9.17, 15) is 4.79 Å². The maximum Gasteiger partial charge on any atom is 0.264 e. The third kappa shape index (κ3) is 3.92. The summed E-state index contributed by atoms with van der Waals surface area (Å²) in [6.07, 6.45) is 0.985. The number of nitrogens with one attached hydrogen (secondary N) is 1. The standard InChI is InChI=1S/C19H20N2O2S/c1-4-14-5-6-16-17(10-14)24-19(20-16)21-18(22)11-23-15-8-12(2)7-13(3)9-15/h5-10H,4,11H2,1-3H3,(H,20,21,22). The Bertz CT molecular complexity index is 866. The number of thiazole rings is 1. The average molecular weight is 340 g/mol. The Morgan fingerprint density at radius 1 is 1.17 bits per heavy atom. The van der Waals surface area contributed by atoms with Crippen LogP contribution in [0.1, 0.15) is 23.6 Å². The fraction of sp³-hybridized carbons (Fsp3) is 0.263. The molecule has 2 aromatic carbocycles. The zero-order chi connectivity index (χ0) is 17.1. The van der Waals surface area contributed by atoms with Crippen LogP contribution in [0.15, 0.2) is 36.4 Å². The number of rotatable bonds is 5. The van der Waals surface area contributed by atoms with Gasteiger partial charge < -0.3 is 4.74 Å². The first-order valence-corrected chi connectivity index (χ1v) is 8.75. The number of aryl methyl sites for hydroxylation is 3. The van der Waals surface area contributed by atoms with E-state index in [0.717, 1.165) is 27.8 Å². The molecule has 0 aliphatic rings. The molecule has 0 aliphatic carbocycles. The highest BCUT2D eigenvalue weighted by atomic mass is 32.1. The van der Waals surface area contributed by atoms with E-state index in [-0.39, 0.29) is 12.5 Å². The number of hydrogen-bond donors (Lipinski definition) is 1. The minimum absolute atomic E-state index is 0.0287. The molecule has 1 heterocycles. The fourth-order valence-electron chi connectivity index (χ4n) is 2.56. The quantitative estimate of drug-likeness (QED) is 0.744. The summed E-state index contributed by atoms with van der Waals surface area (Å²) in [6, 6.07) is 12.1. The molecule has 0 spiro atoms. The first-order valence-electron chi connectivity index (χ1n) is 7.94. The van der Waals surface area contributed by atoms with Gasteiger partial charge in [-0.2, -0.15) is 0 Å². The van der Waals surface area contributed by atoms with E-state index in [2.05, 4.69) is 35.4 Å². The van der Waals surface area contributed by atoms with Crippen molar-refractivity contribution < 1.29 is 9.53 Å². The van der Waals surface area contributed by atoms with E-state index >= 15 is 0 Å². The molecule has 0 unspecified atom stereocenters. The van der Waals surface area contributed by atoms with Crippen LogP contribution < -0.4 is 10.1 Å². The number of nitrogens with zero attached hydrogens (tertiary/aromatic N) is 1. The maximum absolute atomic E-state index is 12.1. The Labute approximate surface area is 145 Å². The van der Waals surface area contributed by atoms with Crippen molar-refractivity contribution >= 4 is 32.6 Å². The van der Waals surface area contributed by atoms with Gasteiger partial charge in [-0.1, -0.05) is 30.4 Å². The summed E-state index contributed by atoms with van der Waals surface area (Å²) >= 11 is 1.48. The molecule has 0 radical (unpaired) electrons. The van der Waals surface area contributed by atoms with Crippen molar-refractivity contribution in [1.29, 1.82) is 0 Å². The van der Waals surface area contributed by atoms with Gasteiger partial charge in [-0.05, 0) is 61.2 Å². The predicted octanol–water partition coefficient (Wildman–Crippen LogP) is 4.49. The van der Waals surface area contributed by atoms with Gasteiger partial charge in [0.05, 0.1) is 10.2 Å². The molecule has 0 saturated carbocycles. The van der Waals surface area contributed by atoms with Gasteiger partial charge >= 0.3 is 0 Å². The highest BCUT2D eigenvalue weighted by Crippen LogP contribution is 2.27. The topological polar surface area (TPSA) is 51.2 Å². The second-order valence-corrected chi connectivity index (χ2v) is 6.87. The average Bonchev–Trinajstić information content (AvgIpc) is 2.93. The fourth-order valence-corrected chi connectivity index (χ4v) is 3.51. The summed E-state index contributed by atoms with van der Waals surface area (Å²) in [6.45, 7) is 6.10. The minimum atomic E-state index is -0.205. The molecule has 0 fully saturated rings. The smallest absolute Gasteiger partial charge is 0.264 e. The molecule has 4 nitrogen and oxygen atoms in total. The number of carbonyl (C=O) groups excluding carboxylic acids is 1. The van der Waals surface area contributed by atoms with Crippen molar-refractivity contribution in [1.82, 2.24) is 4.98 Å². The number of carbonyl (C=O) groups is 1. The van der Waals surface area contributed by atoms with Crippen molar-refractivity contribution in [3.63, 3.8) is 0 Å². The molecule has 3 aromatic rings. The van der Waals surface area contributed by atoms with Crippen LogP contribution in [0.2, 0.25) is 0 Å². The number of fused-ring (bicyclic) bond motifs is 1. The van der Waals surface area contributed by atoms with E-state index in [0.29, 0.717) is 10.9 Å².